The summed E-state index contributed by atoms with van der Waals surface area (Å²) < 4.78 is 10.9. The zero-order valence-corrected chi connectivity index (χ0v) is 14.7. The number of rotatable bonds is 6. The van der Waals surface area contributed by atoms with Crippen LogP contribution in [0.15, 0.2) is 59.2 Å². The zero-order chi connectivity index (χ0) is 17.8. The van der Waals surface area contributed by atoms with Gasteiger partial charge in [0.05, 0.1) is 39.6 Å². The van der Waals surface area contributed by atoms with Crippen molar-refractivity contribution < 1.29 is 18.8 Å². The van der Waals surface area contributed by atoms with Crippen LogP contribution in [0.1, 0.15) is 22.2 Å². The number of carbonyl (C=O) groups is 1. The van der Waals surface area contributed by atoms with Gasteiger partial charge in [0, 0.05) is 0 Å². The molecule has 130 valence electrons. The maximum atomic E-state index is 12.7. The van der Waals surface area contributed by atoms with E-state index < -0.39 is 0 Å². The van der Waals surface area contributed by atoms with Crippen LogP contribution < -0.4 is 15.0 Å². The van der Waals surface area contributed by atoms with Crippen molar-refractivity contribution in [2.24, 2.45) is 0 Å². The Morgan fingerprint density at radius 2 is 1.88 bits per heavy atom. The Morgan fingerprint density at radius 1 is 1.16 bits per heavy atom. The Morgan fingerprint density at radius 3 is 2.48 bits per heavy atom. The number of fused-ring (bicyclic) bond motifs is 1. The van der Waals surface area contributed by atoms with E-state index >= 15 is 0 Å². The normalized spacial score (nSPS) is 12.3. The molecule has 1 atom stereocenters. The first-order chi connectivity index (χ1) is 12.1. The predicted molar refractivity (Wildman–Crippen MR) is 97.1 cm³/mol. The maximum absolute atomic E-state index is 12.7. The number of quaternary nitrogens is 1. The fourth-order valence-corrected chi connectivity index (χ4v) is 2.93. The molecule has 5 nitrogen and oxygen atoms in total. The summed E-state index contributed by atoms with van der Waals surface area (Å²) in [7, 11) is 5.66. The summed E-state index contributed by atoms with van der Waals surface area (Å²) in [5, 5.41) is 5.06. The number of ether oxygens (including phenoxy) is 1. The van der Waals surface area contributed by atoms with Gasteiger partial charge in [0.1, 0.15) is 5.75 Å². The van der Waals surface area contributed by atoms with Crippen molar-refractivity contribution in [3.05, 3.63) is 66.1 Å². The molecular weight excluding hydrogens is 316 g/mol. The smallest absolute Gasteiger partial charge is 0.255 e. The van der Waals surface area contributed by atoms with Crippen molar-refractivity contribution in [2.75, 3.05) is 27.7 Å². The zero-order valence-electron chi connectivity index (χ0n) is 14.7. The summed E-state index contributed by atoms with van der Waals surface area (Å²) in [6, 6.07) is 15.5. The van der Waals surface area contributed by atoms with Gasteiger partial charge in [-0.05, 0) is 35.0 Å². The fourth-order valence-electron chi connectivity index (χ4n) is 2.93. The summed E-state index contributed by atoms with van der Waals surface area (Å²) in [5.41, 5.74) is 0.535. The quantitative estimate of drug-likeness (QED) is 0.723. The highest BCUT2D eigenvalue weighted by Gasteiger charge is 2.22. The standard InChI is InChI=1S/C20H22N2O3/c1-22(2)17(18-9-6-10-25-18)13-21-20(23)16-11-14-7-4-5-8-15(14)12-19(16)24-3/h4-12,17H,13H2,1-3H3,(H,21,23)/p+1/t17-/m0/s1. The Hall–Kier alpha value is -2.79. The molecule has 3 aromatic rings. The molecule has 2 N–H and O–H groups in total. The molecule has 5 heteroatoms. The van der Waals surface area contributed by atoms with Gasteiger partial charge in [-0.2, -0.15) is 0 Å². The monoisotopic (exact) mass is 339 g/mol. The van der Waals surface area contributed by atoms with Crippen LogP contribution in [-0.2, 0) is 0 Å². The van der Waals surface area contributed by atoms with Crippen LogP contribution in [0.4, 0.5) is 0 Å². The van der Waals surface area contributed by atoms with Gasteiger partial charge >= 0.3 is 0 Å². The molecule has 0 aliphatic rings. The summed E-state index contributed by atoms with van der Waals surface area (Å²) in [5.74, 6) is 1.27. The third kappa shape index (κ3) is 3.67. The van der Waals surface area contributed by atoms with E-state index in [-0.39, 0.29) is 11.9 Å². The molecule has 0 aliphatic carbocycles. The van der Waals surface area contributed by atoms with E-state index in [2.05, 4.69) is 5.32 Å². The molecule has 1 heterocycles. The van der Waals surface area contributed by atoms with Crippen LogP contribution in [0.2, 0.25) is 0 Å². The van der Waals surface area contributed by atoms with E-state index in [9.17, 15) is 4.79 Å². The summed E-state index contributed by atoms with van der Waals surface area (Å²) in [4.78, 5) is 13.9. The van der Waals surface area contributed by atoms with Crippen LogP contribution >= 0.6 is 0 Å². The van der Waals surface area contributed by atoms with Crippen molar-refractivity contribution in [1.29, 1.82) is 0 Å². The number of benzene rings is 2. The van der Waals surface area contributed by atoms with Gasteiger partial charge in [0.25, 0.3) is 5.91 Å². The molecular formula is C20H23N2O3+. The first kappa shape index (κ1) is 17.0. The Labute approximate surface area is 147 Å². The Bertz CT molecular complexity index is 857. The lowest BCUT2D eigenvalue weighted by atomic mass is 10.1. The van der Waals surface area contributed by atoms with Crippen molar-refractivity contribution >= 4 is 16.7 Å². The average molecular weight is 339 g/mol. The lowest BCUT2D eigenvalue weighted by Gasteiger charge is -2.20. The number of hydrogen-bond acceptors (Lipinski definition) is 3. The molecule has 3 rings (SSSR count). The first-order valence-corrected chi connectivity index (χ1v) is 8.28. The minimum atomic E-state index is -0.152. The van der Waals surface area contributed by atoms with Crippen molar-refractivity contribution in [3.8, 4) is 5.75 Å². The molecule has 0 radical (unpaired) electrons. The molecule has 0 spiro atoms. The molecule has 1 amide bonds. The summed E-state index contributed by atoms with van der Waals surface area (Å²) in [6.07, 6.45) is 1.65. The van der Waals surface area contributed by atoms with E-state index in [1.165, 1.54) is 4.90 Å². The molecule has 0 saturated carbocycles. The molecule has 0 fully saturated rings. The maximum Gasteiger partial charge on any atom is 0.255 e. The highest BCUT2D eigenvalue weighted by atomic mass is 16.5. The van der Waals surface area contributed by atoms with E-state index in [0.29, 0.717) is 17.9 Å². The first-order valence-electron chi connectivity index (χ1n) is 8.28. The van der Waals surface area contributed by atoms with Crippen LogP contribution in [0, 0.1) is 0 Å². The molecule has 0 bridgehead atoms. The average Bonchev–Trinajstić information content (AvgIpc) is 3.14. The number of hydrogen-bond donors (Lipinski definition) is 2. The van der Waals surface area contributed by atoms with Gasteiger partial charge in [-0.3, -0.25) is 4.79 Å². The highest BCUT2D eigenvalue weighted by Crippen LogP contribution is 2.26. The van der Waals surface area contributed by atoms with Crippen molar-refractivity contribution in [2.45, 2.75) is 6.04 Å². The number of furan rings is 1. The lowest BCUT2D eigenvalue weighted by molar-refractivity contribution is -0.891. The Balaban J connectivity index is 1.82. The lowest BCUT2D eigenvalue weighted by Crippen LogP contribution is -3.07. The molecule has 0 saturated heterocycles. The minimum absolute atomic E-state index is 0.0467. The van der Waals surface area contributed by atoms with E-state index in [1.54, 1.807) is 13.4 Å². The molecule has 2 aromatic carbocycles. The van der Waals surface area contributed by atoms with E-state index in [4.69, 9.17) is 9.15 Å². The number of amides is 1. The predicted octanol–water partition coefficient (Wildman–Crippen LogP) is 2.06. The van der Waals surface area contributed by atoms with Crippen molar-refractivity contribution in [1.82, 2.24) is 5.32 Å². The number of methoxy groups -OCH3 is 1. The Kier molecular flexibility index (Phi) is 5.05. The molecule has 25 heavy (non-hydrogen) atoms. The van der Waals surface area contributed by atoms with Gasteiger partial charge < -0.3 is 19.4 Å². The number of likely N-dealkylation sites (N-methyl/N-ethyl adjacent to an activating group) is 1. The van der Waals surface area contributed by atoms with Gasteiger partial charge in [0.2, 0.25) is 0 Å². The van der Waals surface area contributed by atoms with Gasteiger partial charge in [-0.25, -0.2) is 0 Å². The fraction of sp³-hybridized carbons (Fsp3) is 0.250. The van der Waals surface area contributed by atoms with Crippen LogP contribution in [0.5, 0.6) is 5.75 Å². The topological polar surface area (TPSA) is 55.9 Å². The van der Waals surface area contributed by atoms with E-state index in [1.807, 2.05) is 62.6 Å². The second kappa shape index (κ2) is 7.40. The van der Waals surface area contributed by atoms with Crippen molar-refractivity contribution in [3.63, 3.8) is 0 Å². The van der Waals surface area contributed by atoms with Gasteiger partial charge in [-0.15, -0.1) is 0 Å². The van der Waals surface area contributed by atoms with Gasteiger partial charge in [0.15, 0.2) is 11.8 Å². The largest absolute Gasteiger partial charge is 0.496 e. The number of nitrogens with one attached hydrogen (secondary N) is 2. The highest BCUT2D eigenvalue weighted by molar-refractivity contribution is 6.01. The second-order valence-corrected chi connectivity index (χ2v) is 6.26. The van der Waals surface area contributed by atoms with Crippen LogP contribution in [-0.4, -0.2) is 33.7 Å². The summed E-state index contributed by atoms with van der Waals surface area (Å²) in [6.45, 7) is 0.477. The molecule has 1 aromatic heterocycles. The summed E-state index contributed by atoms with van der Waals surface area (Å²) >= 11 is 0. The SMILES string of the molecule is COc1cc2ccccc2cc1C(=O)NC[C@@H](c1ccco1)[NH+](C)C. The minimum Gasteiger partial charge on any atom is -0.496 e. The van der Waals surface area contributed by atoms with E-state index in [0.717, 1.165) is 16.5 Å². The van der Waals surface area contributed by atoms with Crippen LogP contribution in [0.25, 0.3) is 10.8 Å². The van der Waals surface area contributed by atoms with Gasteiger partial charge in [-0.1, -0.05) is 24.3 Å². The second-order valence-electron chi connectivity index (χ2n) is 6.26. The third-order valence-corrected chi connectivity index (χ3v) is 4.36. The molecule has 0 aliphatic heterocycles. The number of carbonyl (C=O) groups excluding carboxylic acids is 1. The molecule has 0 unspecified atom stereocenters. The van der Waals surface area contributed by atoms with Crippen LogP contribution in [0.3, 0.4) is 0 Å². The third-order valence-electron chi connectivity index (χ3n) is 4.36.